The van der Waals surface area contributed by atoms with Crippen molar-refractivity contribution in [3.8, 4) is 11.5 Å². The first kappa shape index (κ1) is 26.1. The van der Waals surface area contributed by atoms with Gasteiger partial charge in [-0.1, -0.05) is 41.9 Å². The van der Waals surface area contributed by atoms with Gasteiger partial charge in [-0.15, -0.1) is 10.2 Å². The highest BCUT2D eigenvalue weighted by atomic mass is 35.5. The fourth-order valence-electron chi connectivity index (χ4n) is 3.75. The molecule has 0 saturated carbocycles. The number of benzene rings is 4. The molecule has 0 aromatic heterocycles. The molecular formula is C26H22ClN3O6S. The standard InChI is InChI=1S/C26H22ClN3O6S/c1-3-36-19-9-6-8-18(14-19)28-26(32)21-12-16-7-4-5-10-20(16)24(25(21)31)30-29-23-15(2)11-17(27)13-22(23)37(33,34)35/h4-14,31H,3H2,1-2H3,(H,28,32)(H,33,34,35). The number of phenols is 1. The summed E-state index contributed by atoms with van der Waals surface area (Å²) in [6.45, 7) is 3.86. The maximum Gasteiger partial charge on any atom is 0.296 e. The third kappa shape index (κ3) is 5.72. The zero-order chi connectivity index (χ0) is 26.7. The zero-order valence-electron chi connectivity index (χ0n) is 19.8. The van der Waals surface area contributed by atoms with Crippen molar-refractivity contribution in [2.45, 2.75) is 18.7 Å². The number of carbonyl (C=O) groups is 1. The quantitative estimate of drug-likeness (QED) is 0.174. The van der Waals surface area contributed by atoms with E-state index in [-0.39, 0.29) is 22.0 Å². The van der Waals surface area contributed by atoms with Crippen LogP contribution in [0, 0.1) is 6.92 Å². The molecule has 4 aromatic rings. The summed E-state index contributed by atoms with van der Waals surface area (Å²) in [6, 6.07) is 17.7. The Labute approximate surface area is 218 Å². The second-order valence-electron chi connectivity index (χ2n) is 8.00. The Kier molecular flexibility index (Phi) is 7.44. The lowest BCUT2D eigenvalue weighted by Gasteiger charge is -2.12. The fourth-order valence-corrected chi connectivity index (χ4v) is 4.81. The van der Waals surface area contributed by atoms with Crippen molar-refractivity contribution in [2.75, 3.05) is 11.9 Å². The monoisotopic (exact) mass is 539 g/mol. The van der Waals surface area contributed by atoms with Crippen LogP contribution >= 0.6 is 11.6 Å². The molecule has 0 radical (unpaired) electrons. The molecule has 37 heavy (non-hydrogen) atoms. The minimum absolute atomic E-state index is 0.0537. The number of halogens is 1. The van der Waals surface area contributed by atoms with Gasteiger partial charge in [0.1, 0.15) is 22.0 Å². The Morgan fingerprint density at radius 3 is 2.49 bits per heavy atom. The normalized spacial score (nSPS) is 11.7. The first-order valence-corrected chi connectivity index (χ1v) is 12.9. The van der Waals surface area contributed by atoms with Crippen molar-refractivity contribution in [3.05, 3.63) is 82.9 Å². The SMILES string of the molecule is CCOc1cccc(NC(=O)c2cc3ccccc3c(N=Nc3c(C)cc(Cl)cc3S(=O)(=O)O)c2O)c1. The fraction of sp³-hybridized carbons (Fsp3) is 0.115. The number of anilines is 1. The molecule has 0 heterocycles. The van der Waals surface area contributed by atoms with Gasteiger partial charge in [0, 0.05) is 22.2 Å². The van der Waals surface area contributed by atoms with Crippen LogP contribution < -0.4 is 10.1 Å². The van der Waals surface area contributed by atoms with Crippen molar-refractivity contribution in [3.63, 3.8) is 0 Å². The molecular weight excluding hydrogens is 518 g/mol. The number of carbonyl (C=O) groups excluding carboxylic acids is 1. The molecule has 0 unspecified atom stereocenters. The van der Waals surface area contributed by atoms with Gasteiger partial charge in [0.25, 0.3) is 16.0 Å². The summed E-state index contributed by atoms with van der Waals surface area (Å²) in [5, 5.41) is 23.1. The first-order chi connectivity index (χ1) is 17.6. The molecule has 0 bridgehead atoms. The molecule has 0 fully saturated rings. The third-order valence-corrected chi connectivity index (χ3v) is 6.49. The highest BCUT2D eigenvalue weighted by Crippen LogP contribution is 2.41. The Hall–Kier alpha value is -3.99. The maximum absolute atomic E-state index is 13.1. The molecule has 0 aliphatic heterocycles. The van der Waals surface area contributed by atoms with Crippen LogP contribution in [-0.2, 0) is 10.1 Å². The number of amides is 1. The van der Waals surface area contributed by atoms with E-state index in [0.717, 1.165) is 6.07 Å². The van der Waals surface area contributed by atoms with E-state index in [1.54, 1.807) is 55.5 Å². The highest BCUT2D eigenvalue weighted by molar-refractivity contribution is 7.86. The van der Waals surface area contributed by atoms with E-state index in [2.05, 4.69) is 15.5 Å². The molecule has 0 aliphatic rings. The van der Waals surface area contributed by atoms with E-state index in [1.165, 1.54) is 12.1 Å². The predicted molar refractivity (Wildman–Crippen MR) is 141 cm³/mol. The van der Waals surface area contributed by atoms with Gasteiger partial charge in [-0.2, -0.15) is 8.42 Å². The minimum Gasteiger partial charge on any atom is -0.505 e. The van der Waals surface area contributed by atoms with E-state index in [4.69, 9.17) is 16.3 Å². The van der Waals surface area contributed by atoms with Crippen LogP contribution in [0.3, 0.4) is 0 Å². The lowest BCUT2D eigenvalue weighted by molar-refractivity contribution is 0.102. The molecule has 4 aromatic carbocycles. The summed E-state index contributed by atoms with van der Waals surface area (Å²) in [5.41, 5.74) is 0.509. The average Bonchev–Trinajstić information content (AvgIpc) is 2.83. The Morgan fingerprint density at radius 2 is 1.76 bits per heavy atom. The van der Waals surface area contributed by atoms with Crippen molar-refractivity contribution >= 4 is 55.5 Å². The lowest BCUT2D eigenvalue weighted by atomic mass is 10.0. The Morgan fingerprint density at radius 1 is 1.03 bits per heavy atom. The van der Waals surface area contributed by atoms with Gasteiger partial charge in [0.05, 0.1) is 12.2 Å². The van der Waals surface area contributed by atoms with Crippen molar-refractivity contribution in [2.24, 2.45) is 10.2 Å². The van der Waals surface area contributed by atoms with E-state index in [0.29, 0.717) is 34.4 Å². The predicted octanol–water partition coefficient (Wildman–Crippen LogP) is 6.82. The molecule has 0 spiro atoms. The highest BCUT2D eigenvalue weighted by Gasteiger charge is 2.21. The molecule has 11 heteroatoms. The molecule has 1 amide bonds. The third-order valence-electron chi connectivity index (χ3n) is 5.40. The number of hydrogen-bond acceptors (Lipinski definition) is 7. The molecule has 3 N–H and O–H groups in total. The van der Waals surface area contributed by atoms with E-state index < -0.39 is 26.7 Å². The van der Waals surface area contributed by atoms with Gasteiger partial charge in [-0.25, -0.2) is 0 Å². The summed E-state index contributed by atoms with van der Waals surface area (Å²) >= 11 is 5.96. The Bertz CT molecular complexity index is 1650. The number of aryl methyl sites for hydroxylation is 1. The van der Waals surface area contributed by atoms with Crippen LogP contribution in [0.25, 0.3) is 10.8 Å². The topological polar surface area (TPSA) is 138 Å². The van der Waals surface area contributed by atoms with Gasteiger partial charge in [-0.05, 0) is 55.1 Å². The minimum atomic E-state index is -4.67. The summed E-state index contributed by atoms with van der Waals surface area (Å²) in [5.74, 6) is -0.485. The van der Waals surface area contributed by atoms with E-state index >= 15 is 0 Å². The van der Waals surface area contributed by atoms with Crippen LogP contribution in [0.15, 0.2) is 81.9 Å². The number of ether oxygens (including phenoxy) is 1. The molecule has 9 nitrogen and oxygen atoms in total. The summed E-state index contributed by atoms with van der Waals surface area (Å²) in [7, 11) is -4.67. The Balaban J connectivity index is 1.81. The number of fused-ring (bicyclic) bond motifs is 1. The smallest absolute Gasteiger partial charge is 0.296 e. The average molecular weight is 540 g/mol. The van der Waals surface area contributed by atoms with E-state index in [1.807, 2.05) is 6.92 Å². The maximum atomic E-state index is 13.1. The van der Waals surface area contributed by atoms with Gasteiger partial charge in [-0.3, -0.25) is 9.35 Å². The van der Waals surface area contributed by atoms with Gasteiger partial charge < -0.3 is 15.2 Å². The van der Waals surface area contributed by atoms with Crippen LogP contribution in [0.5, 0.6) is 11.5 Å². The van der Waals surface area contributed by atoms with Crippen molar-refractivity contribution in [1.82, 2.24) is 0 Å². The van der Waals surface area contributed by atoms with Gasteiger partial charge in [0.15, 0.2) is 5.75 Å². The number of aromatic hydroxyl groups is 1. The second-order valence-corrected chi connectivity index (χ2v) is 9.83. The van der Waals surface area contributed by atoms with Gasteiger partial charge >= 0.3 is 0 Å². The number of rotatable bonds is 7. The second kappa shape index (κ2) is 10.6. The van der Waals surface area contributed by atoms with Crippen molar-refractivity contribution < 1.29 is 27.6 Å². The summed E-state index contributed by atoms with van der Waals surface area (Å²) in [4.78, 5) is 12.6. The number of nitrogens with zero attached hydrogens (tertiary/aromatic N) is 2. The molecule has 0 atom stereocenters. The first-order valence-electron chi connectivity index (χ1n) is 11.1. The molecule has 0 aliphatic carbocycles. The van der Waals surface area contributed by atoms with Crippen LogP contribution in [0.4, 0.5) is 17.1 Å². The molecule has 190 valence electrons. The summed E-state index contributed by atoms with van der Waals surface area (Å²) in [6.07, 6.45) is 0. The van der Waals surface area contributed by atoms with Crippen LogP contribution in [0.1, 0.15) is 22.8 Å². The van der Waals surface area contributed by atoms with Crippen LogP contribution in [0.2, 0.25) is 5.02 Å². The number of nitrogens with one attached hydrogen (secondary N) is 1. The molecule has 4 rings (SSSR count). The summed E-state index contributed by atoms with van der Waals surface area (Å²) < 4.78 is 38.9. The lowest BCUT2D eigenvalue weighted by Crippen LogP contribution is -2.12. The molecule has 0 saturated heterocycles. The van der Waals surface area contributed by atoms with Crippen molar-refractivity contribution in [1.29, 1.82) is 0 Å². The van der Waals surface area contributed by atoms with E-state index in [9.17, 15) is 22.9 Å². The van der Waals surface area contributed by atoms with Gasteiger partial charge in [0.2, 0.25) is 0 Å². The number of azo groups is 1. The number of hydrogen-bond donors (Lipinski definition) is 3. The van der Waals surface area contributed by atoms with Crippen LogP contribution in [-0.4, -0.2) is 30.6 Å². The number of phenolic OH excluding ortho intramolecular Hbond substituents is 1. The zero-order valence-corrected chi connectivity index (χ0v) is 21.3. The largest absolute Gasteiger partial charge is 0.505 e.